The second-order valence-electron chi connectivity index (χ2n) is 5.11. The number of rotatable bonds is 8. The largest absolute Gasteiger partial charge is 0.308 e. The smallest absolute Gasteiger partial charge is 0.0253 e. The van der Waals surface area contributed by atoms with Crippen LogP contribution in [0.3, 0.4) is 0 Å². The summed E-state index contributed by atoms with van der Waals surface area (Å²) < 4.78 is 0. The third-order valence-electron chi connectivity index (χ3n) is 3.52. The number of unbranched alkanes of at least 4 members (excludes halogenated alkanes) is 4. The van der Waals surface area contributed by atoms with Gasteiger partial charge in [-0.25, -0.2) is 0 Å². The molecule has 94 valence electrons. The molecule has 1 N–H and O–H groups in total. The van der Waals surface area contributed by atoms with Gasteiger partial charge in [0.25, 0.3) is 0 Å². The quantitative estimate of drug-likeness (QED) is 0.474. The summed E-state index contributed by atoms with van der Waals surface area (Å²) >= 11 is 0. The van der Waals surface area contributed by atoms with E-state index in [1.165, 1.54) is 57.8 Å². The molecule has 1 nitrogen and oxygen atoms in total. The maximum atomic E-state index is 3.74. The lowest BCUT2D eigenvalue weighted by molar-refractivity contribution is 0.507. The SMILES string of the molecule is CCCCC=CC1CCC(CCCCC)N1. The van der Waals surface area contributed by atoms with E-state index >= 15 is 0 Å². The molecule has 0 radical (unpaired) electrons. The van der Waals surface area contributed by atoms with Crippen molar-refractivity contribution in [3.05, 3.63) is 12.2 Å². The van der Waals surface area contributed by atoms with E-state index in [-0.39, 0.29) is 0 Å². The van der Waals surface area contributed by atoms with E-state index in [4.69, 9.17) is 0 Å². The molecule has 0 aromatic rings. The zero-order chi connectivity index (χ0) is 11.6. The van der Waals surface area contributed by atoms with Gasteiger partial charge in [0.15, 0.2) is 0 Å². The van der Waals surface area contributed by atoms with Gasteiger partial charge in [-0.15, -0.1) is 0 Å². The zero-order valence-corrected chi connectivity index (χ0v) is 11.2. The number of hydrogen-bond donors (Lipinski definition) is 1. The first-order valence-electron chi connectivity index (χ1n) is 7.29. The summed E-state index contributed by atoms with van der Waals surface area (Å²) in [6.07, 6.45) is 16.9. The predicted molar refractivity (Wildman–Crippen MR) is 72.8 cm³/mol. The Hall–Kier alpha value is -0.300. The van der Waals surface area contributed by atoms with Crippen LogP contribution in [0.1, 0.15) is 71.6 Å². The molecule has 0 bridgehead atoms. The fraction of sp³-hybridized carbons (Fsp3) is 0.867. The highest BCUT2D eigenvalue weighted by Crippen LogP contribution is 2.18. The molecule has 0 aromatic carbocycles. The standard InChI is InChI=1S/C15H29N/c1-3-5-7-9-11-15-13-12-14(16-15)10-8-6-4-2/h9,11,14-16H,3-8,10,12-13H2,1-2H3. The molecule has 2 unspecified atom stereocenters. The molecule has 1 rings (SSSR count). The summed E-state index contributed by atoms with van der Waals surface area (Å²) in [6, 6.07) is 1.47. The van der Waals surface area contributed by atoms with Gasteiger partial charge in [0.2, 0.25) is 0 Å². The average Bonchev–Trinajstić information content (AvgIpc) is 2.73. The predicted octanol–water partition coefficient (Wildman–Crippen LogP) is 4.43. The highest BCUT2D eigenvalue weighted by molar-refractivity contribution is 4.98. The van der Waals surface area contributed by atoms with E-state index in [0.29, 0.717) is 6.04 Å². The van der Waals surface area contributed by atoms with Crippen molar-refractivity contribution >= 4 is 0 Å². The van der Waals surface area contributed by atoms with Crippen LogP contribution in [0.2, 0.25) is 0 Å². The van der Waals surface area contributed by atoms with Crippen LogP contribution in [0.15, 0.2) is 12.2 Å². The minimum Gasteiger partial charge on any atom is -0.308 e. The lowest BCUT2D eigenvalue weighted by Crippen LogP contribution is -2.27. The van der Waals surface area contributed by atoms with Gasteiger partial charge >= 0.3 is 0 Å². The summed E-state index contributed by atoms with van der Waals surface area (Å²) in [4.78, 5) is 0. The molecule has 16 heavy (non-hydrogen) atoms. The second-order valence-corrected chi connectivity index (χ2v) is 5.11. The second kappa shape index (κ2) is 8.81. The molecule has 0 aliphatic carbocycles. The van der Waals surface area contributed by atoms with Gasteiger partial charge in [-0.1, -0.05) is 58.1 Å². The Bertz CT molecular complexity index is 186. The molecule has 1 fully saturated rings. The molecule has 1 aliphatic heterocycles. The van der Waals surface area contributed by atoms with Crippen molar-refractivity contribution < 1.29 is 0 Å². The molecule has 1 saturated heterocycles. The molecular weight excluding hydrogens is 194 g/mol. The highest BCUT2D eigenvalue weighted by atomic mass is 15.0. The van der Waals surface area contributed by atoms with E-state index in [1.807, 2.05) is 0 Å². The molecular formula is C15H29N. The fourth-order valence-electron chi connectivity index (χ4n) is 2.45. The molecule has 2 atom stereocenters. The van der Waals surface area contributed by atoms with Gasteiger partial charge in [0.1, 0.15) is 0 Å². The molecule has 1 heterocycles. The van der Waals surface area contributed by atoms with Crippen LogP contribution in [0.25, 0.3) is 0 Å². The van der Waals surface area contributed by atoms with E-state index in [0.717, 1.165) is 6.04 Å². The molecule has 1 aliphatic rings. The third kappa shape index (κ3) is 5.69. The summed E-state index contributed by atoms with van der Waals surface area (Å²) in [5.41, 5.74) is 0. The summed E-state index contributed by atoms with van der Waals surface area (Å²) in [6.45, 7) is 4.53. The Morgan fingerprint density at radius 2 is 1.88 bits per heavy atom. The number of nitrogens with one attached hydrogen (secondary N) is 1. The Morgan fingerprint density at radius 1 is 1.06 bits per heavy atom. The average molecular weight is 223 g/mol. The maximum Gasteiger partial charge on any atom is 0.0253 e. The Labute approximate surface area is 102 Å². The zero-order valence-electron chi connectivity index (χ0n) is 11.2. The first-order valence-corrected chi connectivity index (χ1v) is 7.29. The van der Waals surface area contributed by atoms with E-state index in [1.54, 1.807) is 0 Å². The summed E-state index contributed by atoms with van der Waals surface area (Å²) in [5, 5.41) is 3.74. The van der Waals surface area contributed by atoms with Crippen LogP contribution in [0.5, 0.6) is 0 Å². The Balaban J connectivity index is 2.07. The van der Waals surface area contributed by atoms with Crippen LogP contribution in [-0.2, 0) is 0 Å². The maximum absolute atomic E-state index is 3.74. The van der Waals surface area contributed by atoms with Crippen molar-refractivity contribution in [1.82, 2.24) is 5.32 Å². The fourth-order valence-corrected chi connectivity index (χ4v) is 2.45. The normalized spacial score (nSPS) is 25.6. The van der Waals surface area contributed by atoms with E-state index in [9.17, 15) is 0 Å². The van der Waals surface area contributed by atoms with Crippen molar-refractivity contribution in [3.8, 4) is 0 Å². The van der Waals surface area contributed by atoms with Crippen molar-refractivity contribution in [2.75, 3.05) is 0 Å². The number of allylic oxidation sites excluding steroid dienone is 1. The number of hydrogen-bond acceptors (Lipinski definition) is 1. The van der Waals surface area contributed by atoms with E-state index < -0.39 is 0 Å². The topological polar surface area (TPSA) is 12.0 Å². The van der Waals surface area contributed by atoms with Crippen LogP contribution >= 0.6 is 0 Å². The van der Waals surface area contributed by atoms with Gasteiger partial charge in [-0.3, -0.25) is 0 Å². The van der Waals surface area contributed by atoms with Crippen molar-refractivity contribution in [2.24, 2.45) is 0 Å². The van der Waals surface area contributed by atoms with Crippen molar-refractivity contribution in [1.29, 1.82) is 0 Å². The van der Waals surface area contributed by atoms with Crippen LogP contribution < -0.4 is 5.32 Å². The molecule has 0 amide bonds. The van der Waals surface area contributed by atoms with Gasteiger partial charge in [0.05, 0.1) is 0 Å². The van der Waals surface area contributed by atoms with Crippen molar-refractivity contribution in [2.45, 2.75) is 83.7 Å². The molecule has 0 saturated carbocycles. The van der Waals surface area contributed by atoms with Crippen LogP contribution in [0.4, 0.5) is 0 Å². The van der Waals surface area contributed by atoms with Gasteiger partial charge < -0.3 is 5.32 Å². The van der Waals surface area contributed by atoms with Crippen LogP contribution in [0, 0.1) is 0 Å². The highest BCUT2D eigenvalue weighted by Gasteiger charge is 2.20. The first-order chi connectivity index (χ1) is 7.86. The van der Waals surface area contributed by atoms with Crippen LogP contribution in [-0.4, -0.2) is 12.1 Å². The molecule has 1 heteroatoms. The lowest BCUT2D eigenvalue weighted by Gasteiger charge is -2.11. The monoisotopic (exact) mass is 223 g/mol. The lowest BCUT2D eigenvalue weighted by atomic mass is 10.1. The van der Waals surface area contributed by atoms with Gasteiger partial charge in [0, 0.05) is 12.1 Å². The molecule has 0 aromatic heterocycles. The van der Waals surface area contributed by atoms with E-state index in [2.05, 4.69) is 31.3 Å². The van der Waals surface area contributed by atoms with Gasteiger partial charge in [-0.05, 0) is 25.7 Å². The summed E-state index contributed by atoms with van der Waals surface area (Å²) in [7, 11) is 0. The Morgan fingerprint density at radius 3 is 2.62 bits per heavy atom. The third-order valence-corrected chi connectivity index (χ3v) is 3.52. The first kappa shape index (κ1) is 13.8. The summed E-state index contributed by atoms with van der Waals surface area (Å²) in [5.74, 6) is 0. The Kier molecular flexibility index (Phi) is 7.58. The van der Waals surface area contributed by atoms with Gasteiger partial charge in [-0.2, -0.15) is 0 Å². The minimum atomic E-state index is 0.670. The minimum absolute atomic E-state index is 0.670. The molecule has 0 spiro atoms. The van der Waals surface area contributed by atoms with Crippen molar-refractivity contribution in [3.63, 3.8) is 0 Å².